The van der Waals surface area contributed by atoms with Crippen LogP contribution in [0.2, 0.25) is 5.02 Å². The number of hydrogen-bond donors (Lipinski definition) is 1. The summed E-state index contributed by atoms with van der Waals surface area (Å²) in [4.78, 5) is 0. The molecular weight excluding hydrogens is 286 g/mol. The molecule has 0 spiro atoms. The fourth-order valence-corrected chi connectivity index (χ4v) is 4.36. The van der Waals surface area contributed by atoms with Gasteiger partial charge in [-0.1, -0.05) is 11.6 Å². The van der Waals surface area contributed by atoms with E-state index in [-0.39, 0.29) is 11.7 Å². The molecule has 3 aliphatic heterocycles. The van der Waals surface area contributed by atoms with Crippen LogP contribution in [0.4, 0.5) is 0 Å². The zero-order valence-electron chi connectivity index (χ0n) is 12.6. The van der Waals surface area contributed by atoms with Gasteiger partial charge in [-0.25, -0.2) is 0 Å². The van der Waals surface area contributed by atoms with Crippen LogP contribution in [0.15, 0.2) is 18.2 Å². The second kappa shape index (κ2) is 4.87. The molecule has 4 atom stereocenters. The van der Waals surface area contributed by atoms with Gasteiger partial charge in [-0.05, 0) is 57.4 Å². The van der Waals surface area contributed by atoms with Crippen molar-refractivity contribution < 1.29 is 9.47 Å². The first kappa shape index (κ1) is 13.9. The Balaban J connectivity index is 1.74. The minimum Gasteiger partial charge on any atom is -0.487 e. The monoisotopic (exact) mass is 307 g/mol. The summed E-state index contributed by atoms with van der Waals surface area (Å²) >= 11 is 6.20. The van der Waals surface area contributed by atoms with Crippen LogP contribution in [0.1, 0.15) is 38.4 Å². The van der Waals surface area contributed by atoms with Gasteiger partial charge in [0.2, 0.25) is 0 Å². The van der Waals surface area contributed by atoms with E-state index < -0.39 is 0 Å². The van der Waals surface area contributed by atoms with Gasteiger partial charge in [0.25, 0.3) is 0 Å². The van der Waals surface area contributed by atoms with Crippen molar-refractivity contribution in [1.29, 1.82) is 0 Å². The summed E-state index contributed by atoms with van der Waals surface area (Å²) in [5, 5.41) is 4.25. The molecule has 3 nitrogen and oxygen atoms in total. The standard InChI is InChI=1S/C17H22ClNO2/c1-17(2)13-7-10-9-19-6-5-14(10)20-16(13)12-8-11(18)3-4-15(12)21-17/h3-4,8,10,13-14,16,19H,5-7,9H2,1-2H3/t10-,13+,14+,16-/m1/s1. The van der Waals surface area contributed by atoms with Gasteiger partial charge < -0.3 is 14.8 Å². The lowest BCUT2D eigenvalue weighted by molar-refractivity contribution is -0.178. The Labute approximate surface area is 131 Å². The maximum Gasteiger partial charge on any atom is 0.126 e. The average Bonchev–Trinajstić information content (AvgIpc) is 2.47. The van der Waals surface area contributed by atoms with E-state index in [4.69, 9.17) is 21.1 Å². The number of fused-ring (bicyclic) bond motifs is 4. The molecule has 0 unspecified atom stereocenters. The van der Waals surface area contributed by atoms with Crippen LogP contribution in [0.3, 0.4) is 0 Å². The Kier molecular flexibility index (Phi) is 3.21. The van der Waals surface area contributed by atoms with Gasteiger partial charge in [-0.3, -0.25) is 0 Å². The first-order valence-corrected chi connectivity index (χ1v) is 8.27. The Morgan fingerprint density at radius 1 is 1.33 bits per heavy atom. The number of piperidine rings is 1. The Morgan fingerprint density at radius 3 is 3.05 bits per heavy atom. The van der Waals surface area contributed by atoms with Crippen molar-refractivity contribution in [3.8, 4) is 5.75 Å². The molecule has 0 bridgehead atoms. The average molecular weight is 308 g/mol. The molecule has 114 valence electrons. The van der Waals surface area contributed by atoms with Crippen LogP contribution in [-0.2, 0) is 4.74 Å². The maximum atomic E-state index is 6.53. The van der Waals surface area contributed by atoms with Crippen LogP contribution in [-0.4, -0.2) is 24.8 Å². The fraction of sp³-hybridized carbons (Fsp3) is 0.647. The first-order chi connectivity index (χ1) is 10.0. The minimum atomic E-state index is -0.200. The molecule has 0 amide bonds. The summed E-state index contributed by atoms with van der Waals surface area (Å²) in [6, 6.07) is 5.89. The lowest BCUT2D eigenvalue weighted by atomic mass is 9.71. The molecule has 1 aromatic carbocycles. The number of benzene rings is 1. The van der Waals surface area contributed by atoms with Crippen LogP contribution in [0.25, 0.3) is 0 Å². The zero-order valence-corrected chi connectivity index (χ0v) is 13.3. The number of ether oxygens (including phenoxy) is 2. The van der Waals surface area contributed by atoms with Gasteiger partial charge in [-0.15, -0.1) is 0 Å². The van der Waals surface area contributed by atoms with Crippen molar-refractivity contribution >= 4 is 11.6 Å². The Hall–Kier alpha value is -0.770. The highest BCUT2D eigenvalue weighted by molar-refractivity contribution is 6.30. The molecule has 0 radical (unpaired) electrons. The number of rotatable bonds is 0. The van der Waals surface area contributed by atoms with Crippen LogP contribution >= 0.6 is 11.6 Å². The van der Waals surface area contributed by atoms with Crippen molar-refractivity contribution in [2.24, 2.45) is 11.8 Å². The second-order valence-corrected chi connectivity index (χ2v) is 7.51. The predicted molar refractivity (Wildman–Crippen MR) is 82.9 cm³/mol. The highest BCUT2D eigenvalue weighted by atomic mass is 35.5. The van der Waals surface area contributed by atoms with Crippen molar-refractivity contribution in [2.45, 2.75) is 44.5 Å². The summed E-state index contributed by atoms with van der Waals surface area (Å²) < 4.78 is 12.8. The lowest BCUT2D eigenvalue weighted by Crippen LogP contribution is -2.54. The van der Waals surface area contributed by atoms with E-state index >= 15 is 0 Å². The number of halogens is 1. The zero-order chi connectivity index (χ0) is 14.6. The van der Waals surface area contributed by atoms with Gasteiger partial charge in [0.1, 0.15) is 11.4 Å². The topological polar surface area (TPSA) is 30.5 Å². The van der Waals surface area contributed by atoms with Crippen LogP contribution in [0, 0.1) is 11.8 Å². The largest absolute Gasteiger partial charge is 0.487 e. The molecule has 1 aromatic rings. The normalized spacial score (nSPS) is 36.9. The quantitative estimate of drug-likeness (QED) is 0.795. The fourth-order valence-electron chi connectivity index (χ4n) is 4.18. The molecule has 21 heavy (non-hydrogen) atoms. The van der Waals surface area contributed by atoms with Crippen molar-refractivity contribution in [2.75, 3.05) is 13.1 Å². The second-order valence-electron chi connectivity index (χ2n) is 7.08. The van der Waals surface area contributed by atoms with E-state index in [9.17, 15) is 0 Å². The molecular formula is C17H22ClNO2. The van der Waals surface area contributed by atoms with Gasteiger partial charge >= 0.3 is 0 Å². The molecule has 0 saturated carbocycles. The summed E-state index contributed by atoms with van der Waals surface area (Å²) in [6.45, 7) is 6.48. The molecule has 1 N–H and O–H groups in total. The maximum absolute atomic E-state index is 6.53. The summed E-state index contributed by atoms with van der Waals surface area (Å²) in [6.07, 6.45) is 2.74. The first-order valence-electron chi connectivity index (χ1n) is 7.89. The van der Waals surface area contributed by atoms with E-state index in [1.807, 2.05) is 18.2 Å². The Morgan fingerprint density at radius 2 is 2.19 bits per heavy atom. The molecule has 4 heteroatoms. The van der Waals surface area contributed by atoms with E-state index in [1.54, 1.807) is 0 Å². The Bertz CT molecular complexity index is 560. The van der Waals surface area contributed by atoms with Gasteiger partial charge in [0.15, 0.2) is 0 Å². The van der Waals surface area contributed by atoms with Crippen LogP contribution < -0.4 is 10.1 Å². The molecule has 2 saturated heterocycles. The van der Waals surface area contributed by atoms with Gasteiger partial charge in [0, 0.05) is 23.0 Å². The third-order valence-electron chi connectivity index (χ3n) is 5.33. The lowest BCUT2D eigenvalue weighted by Gasteiger charge is -2.52. The van der Waals surface area contributed by atoms with E-state index in [0.29, 0.717) is 17.9 Å². The summed E-state index contributed by atoms with van der Waals surface area (Å²) in [7, 11) is 0. The summed E-state index contributed by atoms with van der Waals surface area (Å²) in [5.74, 6) is 1.91. The van der Waals surface area contributed by atoms with E-state index in [0.717, 1.165) is 42.3 Å². The number of hydrogen-bond acceptors (Lipinski definition) is 3. The predicted octanol–water partition coefficient (Wildman–Crippen LogP) is 3.57. The molecule has 0 aliphatic carbocycles. The molecule has 3 aliphatic rings. The molecule has 3 heterocycles. The van der Waals surface area contributed by atoms with Crippen LogP contribution in [0.5, 0.6) is 5.75 Å². The van der Waals surface area contributed by atoms with Gasteiger partial charge in [-0.2, -0.15) is 0 Å². The van der Waals surface area contributed by atoms with Crippen molar-refractivity contribution in [1.82, 2.24) is 5.32 Å². The number of nitrogens with one attached hydrogen (secondary N) is 1. The smallest absolute Gasteiger partial charge is 0.126 e. The van der Waals surface area contributed by atoms with Crippen molar-refractivity contribution in [3.63, 3.8) is 0 Å². The third-order valence-corrected chi connectivity index (χ3v) is 5.56. The SMILES string of the molecule is CC1(C)Oc2ccc(Cl)cc2[C@H]2O[C@H]3CCNC[C@H]3C[C@@H]21. The highest BCUT2D eigenvalue weighted by Crippen LogP contribution is 2.52. The summed E-state index contributed by atoms with van der Waals surface area (Å²) in [5.41, 5.74) is 0.928. The van der Waals surface area contributed by atoms with Gasteiger partial charge in [0.05, 0.1) is 12.2 Å². The van der Waals surface area contributed by atoms with E-state index in [1.165, 1.54) is 0 Å². The third kappa shape index (κ3) is 2.26. The highest BCUT2D eigenvalue weighted by Gasteiger charge is 2.50. The van der Waals surface area contributed by atoms with E-state index in [2.05, 4.69) is 19.2 Å². The molecule has 2 fully saturated rings. The molecule has 4 rings (SSSR count). The molecule has 0 aromatic heterocycles. The van der Waals surface area contributed by atoms with Crippen molar-refractivity contribution in [3.05, 3.63) is 28.8 Å². The minimum absolute atomic E-state index is 0.113.